The summed E-state index contributed by atoms with van der Waals surface area (Å²) in [6.07, 6.45) is 4.97. The lowest BCUT2D eigenvalue weighted by Crippen LogP contribution is -2.35. The number of allylic oxidation sites excluding steroid dienone is 1. The molecule has 0 aromatic heterocycles. The van der Waals surface area contributed by atoms with Crippen molar-refractivity contribution in [2.75, 3.05) is 6.61 Å². The van der Waals surface area contributed by atoms with Gasteiger partial charge in [0.15, 0.2) is 0 Å². The van der Waals surface area contributed by atoms with Crippen LogP contribution in [0.15, 0.2) is 72.8 Å². The molecular weight excluding hydrogens is 352 g/mol. The van der Waals surface area contributed by atoms with E-state index in [4.69, 9.17) is 14.2 Å². The highest BCUT2D eigenvalue weighted by atomic mass is 16.5. The summed E-state index contributed by atoms with van der Waals surface area (Å²) in [4.78, 5) is 11.9. The smallest absolute Gasteiger partial charge is 0.306 e. The molecule has 2 aromatic carbocycles. The summed E-state index contributed by atoms with van der Waals surface area (Å²) in [5, 5.41) is 0. The van der Waals surface area contributed by atoms with E-state index in [9.17, 15) is 4.79 Å². The average Bonchev–Trinajstić information content (AvgIpc) is 2.73. The summed E-state index contributed by atoms with van der Waals surface area (Å²) in [6, 6.07) is 20.2. The van der Waals surface area contributed by atoms with Crippen LogP contribution in [-0.4, -0.2) is 24.8 Å². The third-order valence-electron chi connectivity index (χ3n) is 4.80. The van der Waals surface area contributed by atoms with Gasteiger partial charge in [-0.3, -0.25) is 4.79 Å². The van der Waals surface area contributed by atoms with Gasteiger partial charge in [0.1, 0.15) is 6.10 Å². The molecule has 0 saturated carbocycles. The molecule has 3 atom stereocenters. The highest BCUT2D eigenvalue weighted by Crippen LogP contribution is 2.27. The molecule has 0 heterocycles. The standard InChI is InChI=1S/C24H28O4/c1-2-26-24(25)16-21-13-14-22(27-17-19-9-5-3-6-10-19)23(15-21)28-18-20-11-7-4-8-12-20/h3-14,21-23H,2,15-18H2,1H3/t21-,22-,23-/m1/s1. The van der Waals surface area contributed by atoms with Crippen LogP contribution in [-0.2, 0) is 32.2 Å². The van der Waals surface area contributed by atoms with Gasteiger partial charge in [0, 0.05) is 0 Å². The molecule has 0 fully saturated rings. The van der Waals surface area contributed by atoms with Gasteiger partial charge in [0.2, 0.25) is 0 Å². The Bertz CT molecular complexity index is 742. The Labute approximate surface area is 167 Å². The molecule has 0 spiro atoms. The van der Waals surface area contributed by atoms with Gasteiger partial charge in [-0.15, -0.1) is 0 Å². The average molecular weight is 380 g/mol. The Morgan fingerprint density at radius 2 is 1.50 bits per heavy atom. The van der Waals surface area contributed by atoms with E-state index in [-0.39, 0.29) is 24.1 Å². The minimum atomic E-state index is -0.164. The lowest BCUT2D eigenvalue weighted by atomic mass is 9.89. The van der Waals surface area contributed by atoms with Gasteiger partial charge in [-0.25, -0.2) is 0 Å². The fourth-order valence-corrected chi connectivity index (χ4v) is 3.36. The van der Waals surface area contributed by atoms with Crippen molar-refractivity contribution in [3.63, 3.8) is 0 Å². The van der Waals surface area contributed by atoms with Gasteiger partial charge in [0.25, 0.3) is 0 Å². The Kier molecular flexibility index (Phi) is 7.82. The van der Waals surface area contributed by atoms with E-state index in [0.717, 1.165) is 17.5 Å². The fourth-order valence-electron chi connectivity index (χ4n) is 3.36. The van der Waals surface area contributed by atoms with Crippen molar-refractivity contribution < 1.29 is 19.0 Å². The molecule has 4 nitrogen and oxygen atoms in total. The Morgan fingerprint density at radius 3 is 2.11 bits per heavy atom. The van der Waals surface area contributed by atoms with Gasteiger partial charge in [-0.2, -0.15) is 0 Å². The summed E-state index contributed by atoms with van der Waals surface area (Å²) in [7, 11) is 0. The summed E-state index contributed by atoms with van der Waals surface area (Å²) in [5.41, 5.74) is 2.26. The molecule has 1 aliphatic carbocycles. The SMILES string of the molecule is CCOC(=O)C[C@@H]1C=C[C@@H](OCc2ccccc2)[C@H](OCc2ccccc2)C1. The van der Waals surface area contributed by atoms with Gasteiger partial charge >= 0.3 is 5.97 Å². The first-order chi connectivity index (χ1) is 13.7. The van der Waals surface area contributed by atoms with Crippen molar-refractivity contribution >= 4 is 5.97 Å². The summed E-state index contributed by atoms with van der Waals surface area (Å²) < 4.78 is 17.5. The predicted octanol–water partition coefficient (Wildman–Crippen LogP) is 4.69. The third-order valence-corrected chi connectivity index (χ3v) is 4.80. The number of hydrogen-bond donors (Lipinski definition) is 0. The maximum absolute atomic E-state index is 11.9. The number of rotatable bonds is 9. The molecule has 0 radical (unpaired) electrons. The molecule has 2 aromatic rings. The molecule has 0 amide bonds. The number of carbonyl (C=O) groups excluding carboxylic acids is 1. The van der Waals surface area contributed by atoms with E-state index in [0.29, 0.717) is 26.2 Å². The Morgan fingerprint density at radius 1 is 0.893 bits per heavy atom. The summed E-state index contributed by atoms with van der Waals surface area (Å²) in [6.45, 7) is 3.29. The topological polar surface area (TPSA) is 44.8 Å². The fraction of sp³-hybridized carbons (Fsp3) is 0.375. The van der Waals surface area contributed by atoms with Crippen LogP contribution in [0.5, 0.6) is 0 Å². The zero-order valence-corrected chi connectivity index (χ0v) is 16.3. The maximum Gasteiger partial charge on any atom is 0.306 e. The van der Waals surface area contributed by atoms with Gasteiger partial charge in [-0.1, -0.05) is 72.8 Å². The first-order valence-corrected chi connectivity index (χ1v) is 9.89. The Balaban J connectivity index is 1.62. The van der Waals surface area contributed by atoms with Crippen LogP contribution < -0.4 is 0 Å². The molecule has 3 rings (SSSR count). The second kappa shape index (κ2) is 10.8. The van der Waals surface area contributed by atoms with Crippen LogP contribution in [0.2, 0.25) is 0 Å². The highest BCUT2D eigenvalue weighted by molar-refractivity contribution is 5.70. The monoisotopic (exact) mass is 380 g/mol. The largest absolute Gasteiger partial charge is 0.466 e. The maximum atomic E-state index is 11.9. The quantitative estimate of drug-likeness (QED) is 0.468. The zero-order chi connectivity index (χ0) is 19.6. The number of carbonyl (C=O) groups is 1. The van der Waals surface area contributed by atoms with Crippen LogP contribution in [0.1, 0.15) is 30.9 Å². The summed E-state index contributed by atoms with van der Waals surface area (Å²) >= 11 is 0. The van der Waals surface area contributed by atoms with E-state index in [1.165, 1.54) is 0 Å². The molecule has 0 unspecified atom stereocenters. The minimum Gasteiger partial charge on any atom is -0.466 e. The van der Waals surface area contributed by atoms with Crippen LogP contribution in [0.3, 0.4) is 0 Å². The van der Waals surface area contributed by atoms with E-state index in [1.54, 1.807) is 0 Å². The van der Waals surface area contributed by atoms with Crippen molar-refractivity contribution in [2.45, 2.75) is 45.2 Å². The van der Waals surface area contributed by atoms with E-state index >= 15 is 0 Å². The van der Waals surface area contributed by atoms with Crippen molar-refractivity contribution in [3.05, 3.63) is 83.9 Å². The lowest BCUT2D eigenvalue weighted by molar-refractivity contribution is -0.144. The molecular formula is C24H28O4. The molecule has 148 valence electrons. The minimum absolute atomic E-state index is 0.103. The van der Waals surface area contributed by atoms with Crippen molar-refractivity contribution in [2.24, 2.45) is 5.92 Å². The number of hydrogen-bond acceptors (Lipinski definition) is 4. The predicted molar refractivity (Wildman–Crippen MR) is 109 cm³/mol. The van der Waals surface area contributed by atoms with Crippen LogP contribution >= 0.6 is 0 Å². The first-order valence-electron chi connectivity index (χ1n) is 9.89. The van der Waals surface area contributed by atoms with Crippen molar-refractivity contribution in [1.29, 1.82) is 0 Å². The van der Waals surface area contributed by atoms with Crippen LogP contribution in [0.25, 0.3) is 0 Å². The molecule has 0 aliphatic heterocycles. The molecule has 1 aliphatic rings. The molecule has 4 heteroatoms. The third kappa shape index (κ3) is 6.32. The van der Waals surface area contributed by atoms with E-state index in [2.05, 4.69) is 30.3 Å². The van der Waals surface area contributed by atoms with Crippen molar-refractivity contribution in [1.82, 2.24) is 0 Å². The van der Waals surface area contributed by atoms with Gasteiger partial charge in [-0.05, 0) is 30.4 Å². The second-order valence-electron chi connectivity index (χ2n) is 6.99. The second-order valence-corrected chi connectivity index (χ2v) is 6.99. The molecule has 28 heavy (non-hydrogen) atoms. The molecule has 0 N–H and O–H groups in total. The number of benzene rings is 2. The lowest BCUT2D eigenvalue weighted by Gasteiger charge is -2.31. The zero-order valence-electron chi connectivity index (χ0n) is 16.3. The molecule has 0 saturated heterocycles. The van der Waals surface area contributed by atoms with Crippen LogP contribution in [0.4, 0.5) is 0 Å². The van der Waals surface area contributed by atoms with E-state index < -0.39 is 0 Å². The summed E-state index contributed by atoms with van der Waals surface area (Å²) in [5.74, 6) is -0.0565. The number of ether oxygens (including phenoxy) is 3. The van der Waals surface area contributed by atoms with Gasteiger partial charge in [0.05, 0.1) is 32.3 Å². The highest BCUT2D eigenvalue weighted by Gasteiger charge is 2.29. The van der Waals surface area contributed by atoms with Gasteiger partial charge < -0.3 is 14.2 Å². The van der Waals surface area contributed by atoms with Crippen LogP contribution in [0, 0.1) is 5.92 Å². The Hall–Kier alpha value is -2.43. The first kappa shape index (κ1) is 20.3. The number of esters is 1. The normalized spacial score (nSPS) is 21.4. The van der Waals surface area contributed by atoms with Crippen molar-refractivity contribution in [3.8, 4) is 0 Å². The molecule has 0 bridgehead atoms. The van der Waals surface area contributed by atoms with E-state index in [1.807, 2.05) is 49.4 Å².